The average Bonchev–Trinajstić information content (AvgIpc) is 2.99. The maximum atomic E-state index is 12.9. The maximum Gasteiger partial charge on any atom is 0.330 e. The third kappa shape index (κ3) is 9.48. The molecule has 0 aliphatic carbocycles. The zero-order valence-electron chi connectivity index (χ0n) is 26.3. The molecule has 232 valence electrons. The van der Waals surface area contributed by atoms with Gasteiger partial charge in [0.15, 0.2) is 6.20 Å². The van der Waals surface area contributed by atoms with E-state index in [9.17, 15) is 9.36 Å². The fraction of sp³-hybridized carbons (Fsp3) is 0.471. The molecule has 1 N–H and O–H groups in total. The van der Waals surface area contributed by atoms with E-state index in [4.69, 9.17) is 9.05 Å². The number of likely N-dealkylation sites (N-methyl/N-ethyl adjacent to an activating group) is 1. The first kappa shape index (κ1) is 32.9. The van der Waals surface area contributed by atoms with Crippen LogP contribution in [0.2, 0.25) is 0 Å². The average molecular weight is 608 g/mol. The molecule has 0 saturated heterocycles. The summed E-state index contributed by atoms with van der Waals surface area (Å²) >= 11 is 0. The van der Waals surface area contributed by atoms with Crippen LogP contribution >= 0.6 is 7.60 Å². The van der Waals surface area contributed by atoms with Crippen LogP contribution in [0.3, 0.4) is 0 Å². The molecule has 0 atom stereocenters. The predicted octanol–water partition coefficient (Wildman–Crippen LogP) is 5.77. The van der Waals surface area contributed by atoms with E-state index in [1.807, 2.05) is 27.9 Å². The molecule has 1 aliphatic heterocycles. The molecule has 0 bridgehead atoms. The predicted molar refractivity (Wildman–Crippen MR) is 177 cm³/mol. The Morgan fingerprint density at radius 1 is 1.09 bits per heavy atom. The molecule has 9 heteroatoms. The molecule has 0 radical (unpaired) electrons. The highest BCUT2D eigenvalue weighted by atomic mass is 31.2. The van der Waals surface area contributed by atoms with Crippen LogP contribution in [-0.4, -0.2) is 70.5 Å². The summed E-state index contributed by atoms with van der Waals surface area (Å²) in [5.74, 6) is 0.112. The quantitative estimate of drug-likeness (QED) is 0.165. The number of carbonyl (C=O) groups is 1. The SMILES string of the molecule is CCOP(=O)(CCC[n+]1ccc(C=Cc2ccc3c(c2)CCCN3CCC(=O)NCCN(C)C)c2ccccc21)OCC. The van der Waals surface area contributed by atoms with Gasteiger partial charge in [-0.1, -0.05) is 30.4 Å². The second-order valence-corrected chi connectivity index (χ2v) is 13.4. The molecular weight excluding hydrogens is 559 g/mol. The van der Waals surface area contributed by atoms with E-state index < -0.39 is 7.60 Å². The summed E-state index contributed by atoms with van der Waals surface area (Å²) in [6, 6.07) is 17.2. The minimum atomic E-state index is -3.05. The molecule has 1 amide bonds. The molecule has 8 nitrogen and oxygen atoms in total. The van der Waals surface area contributed by atoms with Crippen LogP contribution in [-0.2, 0) is 31.4 Å². The number of aryl methyl sites for hydroxylation is 2. The molecule has 1 aliphatic rings. The molecular formula is C34H48N4O4P+. The van der Waals surface area contributed by atoms with Gasteiger partial charge in [0, 0.05) is 56.8 Å². The van der Waals surface area contributed by atoms with Crippen molar-refractivity contribution in [1.29, 1.82) is 0 Å². The van der Waals surface area contributed by atoms with Crippen LogP contribution in [0.5, 0.6) is 0 Å². The summed E-state index contributed by atoms with van der Waals surface area (Å²) in [6.45, 7) is 8.43. The first-order valence-corrected chi connectivity index (χ1v) is 17.3. The van der Waals surface area contributed by atoms with E-state index in [0.29, 0.717) is 38.8 Å². The third-order valence-corrected chi connectivity index (χ3v) is 9.87. The minimum Gasteiger partial charge on any atom is -0.371 e. The Morgan fingerprint density at radius 3 is 2.65 bits per heavy atom. The molecule has 0 saturated carbocycles. The van der Waals surface area contributed by atoms with E-state index in [0.717, 1.165) is 50.1 Å². The molecule has 4 rings (SSSR count). The van der Waals surface area contributed by atoms with E-state index in [1.54, 1.807) is 0 Å². The van der Waals surface area contributed by atoms with Gasteiger partial charge >= 0.3 is 7.60 Å². The van der Waals surface area contributed by atoms with Gasteiger partial charge in [0.25, 0.3) is 0 Å². The van der Waals surface area contributed by atoms with Crippen molar-refractivity contribution >= 4 is 42.2 Å². The van der Waals surface area contributed by atoms with Crippen molar-refractivity contribution in [2.45, 2.75) is 46.1 Å². The molecule has 3 aromatic rings. The van der Waals surface area contributed by atoms with Gasteiger partial charge < -0.3 is 24.2 Å². The number of pyridine rings is 1. The van der Waals surface area contributed by atoms with Crippen LogP contribution in [0.25, 0.3) is 23.1 Å². The number of rotatable bonds is 16. The normalized spacial score (nSPS) is 13.7. The molecule has 2 aromatic carbocycles. The zero-order valence-corrected chi connectivity index (χ0v) is 27.2. The lowest BCUT2D eigenvalue weighted by atomic mass is 9.98. The topological polar surface area (TPSA) is 75.0 Å². The van der Waals surface area contributed by atoms with Crippen molar-refractivity contribution in [3.05, 3.63) is 71.4 Å². The number of nitrogens with zero attached hydrogens (tertiary/aromatic N) is 3. The second kappa shape index (κ2) is 16.2. The van der Waals surface area contributed by atoms with E-state index >= 15 is 0 Å². The number of hydrogen-bond donors (Lipinski definition) is 1. The van der Waals surface area contributed by atoms with E-state index in [2.05, 4.69) is 86.6 Å². The van der Waals surface area contributed by atoms with Crippen LogP contribution in [0.4, 0.5) is 5.69 Å². The van der Waals surface area contributed by atoms with Crippen molar-refractivity contribution in [1.82, 2.24) is 10.2 Å². The molecule has 1 aromatic heterocycles. The van der Waals surface area contributed by atoms with E-state index in [-0.39, 0.29) is 5.91 Å². The number of para-hydroxylation sites is 1. The fourth-order valence-corrected chi connectivity index (χ4v) is 7.25. The number of nitrogens with one attached hydrogen (secondary N) is 1. The number of amides is 1. The fourth-order valence-electron chi connectivity index (χ4n) is 5.60. The van der Waals surface area contributed by atoms with Crippen LogP contribution in [0.1, 0.15) is 49.8 Å². The Kier molecular flexibility index (Phi) is 12.4. The van der Waals surface area contributed by atoms with Crippen LogP contribution in [0.15, 0.2) is 54.7 Å². The Labute approximate surface area is 257 Å². The van der Waals surface area contributed by atoms with Crippen molar-refractivity contribution < 1.29 is 23.0 Å². The molecule has 0 unspecified atom stereocenters. The largest absolute Gasteiger partial charge is 0.371 e. The van der Waals surface area contributed by atoms with Gasteiger partial charge in [0.2, 0.25) is 11.4 Å². The minimum absolute atomic E-state index is 0.112. The number of benzene rings is 2. The number of carbonyl (C=O) groups excluding carboxylic acids is 1. The Hall–Kier alpha value is -3.03. The summed E-state index contributed by atoms with van der Waals surface area (Å²) in [5, 5.41) is 4.19. The summed E-state index contributed by atoms with van der Waals surface area (Å²) < 4.78 is 26.0. The first-order chi connectivity index (χ1) is 20.8. The van der Waals surface area contributed by atoms with Gasteiger partial charge in [-0.3, -0.25) is 9.36 Å². The van der Waals surface area contributed by atoms with Crippen LogP contribution < -0.4 is 14.8 Å². The van der Waals surface area contributed by atoms with Gasteiger partial charge in [-0.25, -0.2) is 0 Å². The lowest BCUT2D eigenvalue weighted by Crippen LogP contribution is -2.36. The summed E-state index contributed by atoms with van der Waals surface area (Å²) in [7, 11) is 0.973. The summed E-state index contributed by atoms with van der Waals surface area (Å²) in [5.41, 5.74) is 6.05. The summed E-state index contributed by atoms with van der Waals surface area (Å²) in [4.78, 5) is 16.7. The molecule has 0 spiro atoms. The van der Waals surface area contributed by atoms with Crippen molar-refractivity contribution in [2.24, 2.45) is 0 Å². The lowest BCUT2D eigenvalue weighted by molar-refractivity contribution is -0.671. The highest BCUT2D eigenvalue weighted by molar-refractivity contribution is 7.53. The summed E-state index contributed by atoms with van der Waals surface area (Å²) in [6.07, 6.45) is 10.2. The Bertz CT molecular complexity index is 1430. The molecule has 2 heterocycles. The third-order valence-electron chi connectivity index (χ3n) is 7.70. The smallest absolute Gasteiger partial charge is 0.330 e. The first-order valence-electron chi connectivity index (χ1n) is 15.6. The van der Waals surface area contributed by atoms with E-state index in [1.165, 1.54) is 22.2 Å². The zero-order chi connectivity index (χ0) is 30.7. The monoisotopic (exact) mass is 607 g/mol. The van der Waals surface area contributed by atoms with Gasteiger partial charge in [-0.05, 0) is 75.7 Å². The standard InChI is InChI=1S/C34H47N4O4P/c1-5-41-43(40,42-6-2)26-10-22-38-23-18-29(31-12-7-8-13-33(31)38)16-14-28-15-17-32-30(27-28)11-9-21-37(32)24-19-34(39)35-20-25-36(3)4/h7-8,12-18,23,27H,5-6,9-11,19-22,24-26H2,1-4H3/p+1. The van der Waals surface area contributed by atoms with Gasteiger partial charge in [0.05, 0.1) is 24.8 Å². The Balaban J connectivity index is 1.42. The maximum absolute atomic E-state index is 12.9. The van der Waals surface area contributed by atoms with Crippen molar-refractivity contribution in [3.8, 4) is 0 Å². The van der Waals surface area contributed by atoms with Gasteiger partial charge in [-0.15, -0.1) is 0 Å². The molecule has 43 heavy (non-hydrogen) atoms. The molecule has 0 fully saturated rings. The Morgan fingerprint density at radius 2 is 1.88 bits per heavy atom. The highest BCUT2D eigenvalue weighted by Gasteiger charge is 2.24. The number of aromatic nitrogens is 1. The van der Waals surface area contributed by atoms with Gasteiger partial charge in [0.1, 0.15) is 6.54 Å². The number of fused-ring (bicyclic) bond motifs is 2. The lowest BCUT2D eigenvalue weighted by Gasteiger charge is -2.31. The number of anilines is 1. The highest BCUT2D eigenvalue weighted by Crippen LogP contribution is 2.48. The van der Waals surface area contributed by atoms with Crippen molar-refractivity contribution in [3.63, 3.8) is 0 Å². The van der Waals surface area contributed by atoms with Crippen LogP contribution in [0, 0.1) is 0 Å². The van der Waals surface area contributed by atoms with Gasteiger partial charge in [-0.2, -0.15) is 4.57 Å². The second-order valence-electron chi connectivity index (χ2n) is 11.2. The van der Waals surface area contributed by atoms with Crippen molar-refractivity contribution in [2.75, 3.05) is 64.5 Å². The number of hydrogen-bond acceptors (Lipinski definition) is 6.